The van der Waals surface area contributed by atoms with Crippen LogP contribution in [-0.4, -0.2) is 55.5 Å². The molecule has 4 aromatic rings. The van der Waals surface area contributed by atoms with Gasteiger partial charge in [0.2, 0.25) is 5.95 Å². The van der Waals surface area contributed by atoms with Gasteiger partial charge in [-0.05, 0) is 77.5 Å². The van der Waals surface area contributed by atoms with Gasteiger partial charge < -0.3 is 20.6 Å². The number of fused-ring (bicyclic) bond motifs is 1. The average molecular weight is 511 g/mol. The van der Waals surface area contributed by atoms with Gasteiger partial charge in [0.1, 0.15) is 17.4 Å². The van der Waals surface area contributed by atoms with Crippen LogP contribution in [0.1, 0.15) is 56.3 Å². The molecule has 0 aliphatic carbocycles. The van der Waals surface area contributed by atoms with Gasteiger partial charge in [0.05, 0.1) is 35.3 Å². The zero-order valence-corrected chi connectivity index (χ0v) is 22.3. The Bertz CT molecular complexity index is 1470. The molecule has 3 N–H and O–H groups in total. The Morgan fingerprint density at radius 3 is 2.66 bits per heavy atom. The van der Waals surface area contributed by atoms with Crippen LogP contribution in [0.3, 0.4) is 0 Å². The molecule has 1 atom stereocenters. The number of aliphatic hydroxyl groups is 1. The number of likely N-dealkylation sites (tertiary alicyclic amines) is 1. The van der Waals surface area contributed by atoms with E-state index in [4.69, 9.17) is 4.98 Å². The maximum atomic E-state index is 10.6. The molecule has 9 heteroatoms. The topological polar surface area (TPSA) is 114 Å². The van der Waals surface area contributed by atoms with E-state index in [1.807, 2.05) is 22.7 Å². The Labute approximate surface area is 223 Å². The summed E-state index contributed by atoms with van der Waals surface area (Å²) in [4.78, 5) is 16.0. The zero-order valence-electron chi connectivity index (χ0n) is 22.3. The number of nitrogens with zero attached hydrogens (tertiary/aromatic N) is 6. The van der Waals surface area contributed by atoms with E-state index in [-0.39, 0.29) is 6.04 Å². The molecule has 1 saturated heterocycles. The number of nitrogens with one attached hydrogen (secondary N) is 2. The number of nitriles is 1. The normalized spacial score (nSPS) is 15.8. The first-order chi connectivity index (χ1) is 18.2. The lowest BCUT2D eigenvalue weighted by molar-refractivity contribution is 0.0796. The molecule has 1 aromatic carbocycles. The summed E-state index contributed by atoms with van der Waals surface area (Å²) in [6, 6.07) is 14.8. The predicted molar refractivity (Wildman–Crippen MR) is 149 cm³/mol. The van der Waals surface area contributed by atoms with Crippen molar-refractivity contribution in [3.8, 4) is 17.5 Å². The molecule has 0 bridgehead atoms. The van der Waals surface area contributed by atoms with E-state index >= 15 is 0 Å². The second-order valence-electron chi connectivity index (χ2n) is 10.6. The molecule has 5 rings (SSSR count). The first-order valence-corrected chi connectivity index (χ1v) is 13.0. The monoisotopic (exact) mass is 510 g/mol. The van der Waals surface area contributed by atoms with Crippen LogP contribution in [0.25, 0.3) is 17.0 Å². The molecule has 38 heavy (non-hydrogen) atoms. The van der Waals surface area contributed by atoms with Crippen LogP contribution in [0, 0.1) is 11.3 Å². The predicted octanol–water partition coefficient (Wildman–Crippen LogP) is 4.57. The average Bonchev–Trinajstić information content (AvgIpc) is 3.33. The van der Waals surface area contributed by atoms with Crippen molar-refractivity contribution in [2.24, 2.45) is 0 Å². The summed E-state index contributed by atoms with van der Waals surface area (Å²) in [6.45, 7) is 7.74. The van der Waals surface area contributed by atoms with Crippen molar-refractivity contribution < 1.29 is 5.11 Å². The largest absolute Gasteiger partial charge is 0.386 e. The summed E-state index contributed by atoms with van der Waals surface area (Å²) in [5.74, 6) is 0.425. The van der Waals surface area contributed by atoms with Gasteiger partial charge in [-0.25, -0.2) is 15.0 Å². The van der Waals surface area contributed by atoms with E-state index in [2.05, 4.69) is 69.8 Å². The van der Waals surface area contributed by atoms with Gasteiger partial charge in [0, 0.05) is 23.5 Å². The first-order valence-electron chi connectivity index (χ1n) is 13.0. The Kier molecular flexibility index (Phi) is 7.02. The summed E-state index contributed by atoms with van der Waals surface area (Å²) < 4.78 is 1.85. The van der Waals surface area contributed by atoms with E-state index in [0.29, 0.717) is 40.2 Å². The maximum Gasteiger partial charge on any atom is 0.223 e. The van der Waals surface area contributed by atoms with Crippen molar-refractivity contribution in [3.63, 3.8) is 0 Å². The number of imidazole rings is 1. The molecule has 0 unspecified atom stereocenters. The molecule has 1 aliphatic rings. The van der Waals surface area contributed by atoms with E-state index < -0.39 is 5.60 Å². The van der Waals surface area contributed by atoms with Crippen LogP contribution in [0.4, 0.5) is 11.6 Å². The summed E-state index contributed by atoms with van der Waals surface area (Å²) in [7, 11) is 2.17. The van der Waals surface area contributed by atoms with Crippen molar-refractivity contribution in [2.75, 3.05) is 30.8 Å². The molecule has 0 radical (unpaired) electrons. The van der Waals surface area contributed by atoms with Crippen LogP contribution in [-0.2, 0) is 5.60 Å². The number of hydrogen-bond acceptors (Lipinski definition) is 8. The summed E-state index contributed by atoms with van der Waals surface area (Å²) in [5.41, 5.74) is 3.97. The van der Waals surface area contributed by atoms with Gasteiger partial charge in [0.15, 0.2) is 0 Å². The molecule has 0 amide bonds. The minimum absolute atomic E-state index is 0.0565. The highest BCUT2D eigenvalue weighted by atomic mass is 16.3. The Morgan fingerprint density at radius 1 is 1.13 bits per heavy atom. The lowest BCUT2D eigenvalue weighted by Gasteiger charge is -2.30. The Morgan fingerprint density at radius 2 is 1.92 bits per heavy atom. The van der Waals surface area contributed by atoms with Crippen molar-refractivity contribution in [1.82, 2.24) is 24.3 Å². The molecule has 196 valence electrons. The minimum atomic E-state index is -1.06. The summed E-state index contributed by atoms with van der Waals surface area (Å²) in [6.07, 6.45) is 7.34. The third-order valence-corrected chi connectivity index (χ3v) is 7.17. The highest BCUT2D eigenvalue weighted by Gasteiger charge is 2.23. The smallest absolute Gasteiger partial charge is 0.223 e. The first kappa shape index (κ1) is 25.6. The molecule has 0 spiro atoms. The highest BCUT2D eigenvalue weighted by Crippen LogP contribution is 2.29. The molecule has 1 aliphatic heterocycles. The van der Waals surface area contributed by atoms with Gasteiger partial charge >= 0.3 is 0 Å². The number of rotatable bonds is 7. The number of hydrogen-bond donors (Lipinski definition) is 3. The number of piperidine rings is 1. The molecule has 1 fully saturated rings. The van der Waals surface area contributed by atoms with Gasteiger partial charge in [-0.1, -0.05) is 18.2 Å². The lowest BCUT2D eigenvalue weighted by Crippen LogP contribution is -2.36. The fraction of sp³-hybridized carbons (Fsp3) is 0.379. The molecule has 0 saturated carbocycles. The van der Waals surface area contributed by atoms with E-state index in [1.165, 1.54) is 6.20 Å². The van der Waals surface area contributed by atoms with Crippen LogP contribution >= 0.6 is 0 Å². The van der Waals surface area contributed by atoms with Crippen LogP contribution in [0.5, 0.6) is 0 Å². The molecule has 3 aromatic heterocycles. The number of anilines is 2. The van der Waals surface area contributed by atoms with Gasteiger partial charge in [0.25, 0.3) is 0 Å². The van der Waals surface area contributed by atoms with E-state index in [9.17, 15) is 10.4 Å². The zero-order chi connectivity index (χ0) is 26.9. The van der Waals surface area contributed by atoms with Crippen molar-refractivity contribution >= 4 is 17.3 Å². The standard InChI is InChI=1S/C29H34N8O/c1-19(20-7-5-8-23(15-20)34-22-10-13-36(4)14-11-22)33-28-32-17-21(16-30)26(35-28)25-18-31-27-24(29(2,3)38)9-6-12-37(25)27/h5-9,12,15,17-19,22,34,38H,10-11,13-14H2,1-4H3,(H,32,33,35)/t19-/m0/s1. The third kappa shape index (κ3) is 5.32. The summed E-state index contributed by atoms with van der Waals surface area (Å²) >= 11 is 0. The fourth-order valence-electron chi connectivity index (χ4n) is 4.96. The maximum absolute atomic E-state index is 10.6. The number of pyridine rings is 1. The van der Waals surface area contributed by atoms with Crippen molar-refractivity contribution in [3.05, 3.63) is 71.7 Å². The van der Waals surface area contributed by atoms with Gasteiger partial charge in [-0.2, -0.15) is 5.26 Å². The molecule has 9 nitrogen and oxygen atoms in total. The van der Waals surface area contributed by atoms with Crippen LogP contribution in [0.2, 0.25) is 0 Å². The van der Waals surface area contributed by atoms with Crippen LogP contribution in [0.15, 0.2) is 55.0 Å². The minimum Gasteiger partial charge on any atom is -0.386 e. The van der Waals surface area contributed by atoms with Gasteiger partial charge in [-0.15, -0.1) is 0 Å². The quantitative estimate of drug-likeness (QED) is 0.331. The Balaban J connectivity index is 1.39. The second-order valence-corrected chi connectivity index (χ2v) is 10.6. The third-order valence-electron chi connectivity index (χ3n) is 7.17. The fourth-order valence-corrected chi connectivity index (χ4v) is 4.96. The Hall–Kier alpha value is -4.00. The van der Waals surface area contributed by atoms with Crippen molar-refractivity contribution in [1.29, 1.82) is 5.26 Å². The van der Waals surface area contributed by atoms with Gasteiger partial charge in [-0.3, -0.25) is 4.40 Å². The van der Waals surface area contributed by atoms with E-state index in [0.717, 1.165) is 37.2 Å². The molecular formula is C29H34N8O. The SMILES string of the molecule is C[C@H](Nc1ncc(C#N)c(-c2cnc3c(C(C)(C)O)cccn23)n1)c1cccc(NC2CCN(C)CC2)c1. The lowest BCUT2D eigenvalue weighted by atomic mass is 10.00. The van der Waals surface area contributed by atoms with E-state index in [1.54, 1.807) is 20.0 Å². The number of benzene rings is 1. The summed E-state index contributed by atoms with van der Waals surface area (Å²) in [5, 5.41) is 27.4. The highest BCUT2D eigenvalue weighted by molar-refractivity contribution is 5.68. The van der Waals surface area contributed by atoms with Crippen molar-refractivity contribution in [2.45, 2.75) is 51.3 Å². The molecule has 4 heterocycles. The molecular weight excluding hydrogens is 476 g/mol. The van der Waals surface area contributed by atoms with Crippen LogP contribution < -0.4 is 10.6 Å². The number of aromatic nitrogens is 4. The second kappa shape index (κ2) is 10.4.